The zero-order chi connectivity index (χ0) is 16.8. The lowest BCUT2D eigenvalue weighted by Crippen LogP contribution is -2.41. The lowest BCUT2D eigenvalue weighted by Gasteiger charge is -2.33. The third kappa shape index (κ3) is 3.92. The Balaban J connectivity index is 1.60. The van der Waals surface area contributed by atoms with Crippen LogP contribution < -0.4 is 5.32 Å². The molecule has 0 radical (unpaired) electrons. The highest BCUT2D eigenvalue weighted by atomic mass is 16.5. The number of guanidine groups is 1. The number of hydrogen-bond donors (Lipinski definition) is 1. The van der Waals surface area contributed by atoms with E-state index in [4.69, 9.17) is 4.74 Å². The van der Waals surface area contributed by atoms with Gasteiger partial charge < -0.3 is 15.0 Å². The smallest absolute Gasteiger partial charge is 0.193 e. The minimum absolute atomic E-state index is 0.559. The second-order valence-corrected chi connectivity index (χ2v) is 7.33. The lowest BCUT2D eigenvalue weighted by molar-refractivity contribution is 0.184. The van der Waals surface area contributed by atoms with Crippen molar-refractivity contribution in [2.45, 2.75) is 51.7 Å². The monoisotopic (exact) mass is 329 g/mol. The molecule has 1 saturated carbocycles. The van der Waals surface area contributed by atoms with Crippen LogP contribution in [-0.2, 0) is 17.9 Å². The number of ether oxygens (including phenoxy) is 1. The summed E-state index contributed by atoms with van der Waals surface area (Å²) in [4.78, 5) is 7.00. The van der Waals surface area contributed by atoms with Crippen molar-refractivity contribution in [1.82, 2.24) is 10.2 Å². The summed E-state index contributed by atoms with van der Waals surface area (Å²) < 4.78 is 5.31. The molecule has 1 aromatic carbocycles. The van der Waals surface area contributed by atoms with Crippen molar-refractivity contribution in [3.8, 4) is 0 Å². The average molecular weight is 329 g/mol. The molecule has 1 aliphatic heterocycles. The van der Waals surface area contributed by atoms with Crippen molar-refractivity contribution in [2.24, 2.45) is 10.4 Å². The molecule has 1 aliphatic carbocycles. The molecule has 2 fully saturated rings. The van der Waals surface area contributed by atoms with E-state index in [9.17, 15) is 0 Å². The highest BCUT2D eigenvalue weighted by Crippen LogP contribution is 2.43. The Hall–Kier alpha value is -1.55. The van der Waals surface area contributed by atoms with Crippen LogP contribution in [0.1, 0.15) is 49.7 Å². The Morgan fingerprint density at radius 3 is 2.62 bits per heavy atom. The molecule has 0 atom stereocenters. The van der Waals surface area contributed by atoms with Gasteiger partial charge in [0, 0.05) is 33.8 Å². The van der Waals surface area contributed by atoms with Gasteiger partial charge in [0.05, 0.1) is 6.61 Å². The molecule has 0 aromatic heterocycles. The van der Waals surface area contributed by atoms with Crippen LogP contribution in [-0.4, -0.2) is 38.1 Å². The third-order valence-electron chi connectivity index (χ3n) is 5.72. The van der Waals surface area contributed by atoms with Crippen molar-refractivity contribution in [3.05, 3.63) is 35.4 Å². The van der Waals surface area contributed by atoms with E-state index in [1.807, 2.05) is 7.05 Å². The van der Waals surface area contributed by atoms with Gasteiger partial charge in [0.25, 0.3) is 0 Å². The minimum Gasteiger partial charge on any atom is -0.380 e. The summed E-state index contributed by atoms with van der Waals surface area (Å²) in [5.41, 5.74) is 3.09. The zero-order valence-corrected chi connectivity index (χ0v) is 15.2. The van der Waals surface area contributed by atoms with E-state index in [1.165, 1.54) is 56.2 Å². The van der Waals surface area contributed by atoms with E-state index in [-0.39, 0.29) is 0 Å². The molecule has 0 unspecified atom stereocenters. The van der Waals surface area contributed by atoms with E-state index in [2.05, 4.69) is 39.5 Å². The predicted octanol–water partition coefficient (Wildman–Crippen LogP) is 3.56. The summed E-state index contributed by atoms with van der Waals surface area (Å²) in [6.07, 6.45) is 8.36. The molecule has 3 rings (SSSR count). The van der Waals surface area contributed by atoms with Gasteiger partial charge in [-0.05, 0) is 35.8 Å². The zero-order valence-electron chi connectivity index (χ0n) is 15.2. The van der Waals surface area contributed by atoms with Gasteiger partial charge in [0.1, 0.15) is 0 Å². The maximum atomic E-state index is 5.31. The maximum absolute atomic E-state index is 5.31. The highest BCUT2D eigenvalue weighted by molar-refractivity contribution is 5.80. The Kier molecular flexibility index (Phi) is 5.77. The quantitative estimate of drug-likeness (QED) is 0.678. The van der Waals surface area contributed by atoms with Crippen LogP contribution in [0, 0.1) is 5.41 Å². The Morgan fingerprint density at radius 1 is 1.17 bits per heavy atom. The number of rotatable bonds is 4. The van der Waals surface area contributed by atoms with Crippen molar-refractivity contribution >= 4 is 5.96 Å². The highest BCUT2D eigenvalue weighted by Gasteiger charge is 2.39. The molecule has 4 nitrogen and oxygen atoms in total. The van der Waals surface area contributed by atoms with E-state index in [0.717, 1.165) is 19.0 Å². The number of aliphatic imine (C=N–C) groups is 1. The fourth-order valence-corrected chi connectivity index (χ4v) is 4.36. The fourth-order valence-electron chi connectivity index (χ4n) is 4.36. The van der Waals surface area contributed by atoms with Gasteiger partial charge in [-0.3, -0.25) is 4.99 Å². The fraction of sp³-hybridized carbons (Fsp3) is 0.650. The second-order valence-electron chi connectivity index (χ2n) is 7.33. The number of hydrogen-bond acceptors (Lipinski definition) is 2. The van der Waals surface area contributed by atoms with Gasteiger partial charge >= 0.3 is 0 Å². The van der Waals surface area contributed by atoms with Crippen molar-refractivity contribution in [3.63, 3.8) is 0 Å². The maximum Gasteiger partial charge on any atom is 0.193 e. The lowest BCUT2D eigenvalue weighted by atomic mass is 9.73. The van der Waals surface area contributed by atoms with Crippen LogP contribution in [0.25, 0.3) is 0 Å². The van der Waals surface area contributed by atoms with Gasteiger partial charge in [-0.25, -0.2) is 0 Å². The van der Waals surface area contributed by atoms with Crippen molar-refractivity contribution < 1.29 is 4.74 Å². The Bertz CT molecular complexity index is 564. The molecule has 1 N–H and O–H groups in total. The minimum atomic E-state index is 0.559. The Morgan fingerprint density at radius 2 is 1.92 bits per heavy atom. The number of methoxy groups -OCH3 is 1. The van der Waals surface area contributed by atoms with Crippen molar-refractivity contribution in [1.29, 1.82) is 0 Å². The van der Waals surface area contributed by atoms with Crippen LogP contribution in [0.5, 0.6) is 0 Å². The third-order valence-corrected chi connectivity index (χ3v) is 5.72. The molecule has 1 spiro atoms. The van der Waals surface area contributed by atoms with Gasteiger partial charge in [-0.15, -0.1) is 0 Å². The van der Waals surface area contributed by atoms with Crippen LogP contribution in [0.2, 0.25) is 0 Å². The number of nitrogens with zero attached hydrogens (tertiary/aromatic N) is 2. The van der Waals surface area contributed by atoms with Crippen LogP contribution >= 0.6 is 0 Å². The van der Waals surface area contributed by atoms with E-state index in [0.29, 0.717) is 12.0 Å². The van der Waals surface area contributed by atoms with E-state index >= 15 is 0 Å². The predicted molar refractivity (Wildman–Crippen MR) is 99.1 cm³/mol. The summed E-state index contributed by atoms with van der Waals surface area (Å²) >= 11 is 0. The molecular weight excluding hydrogens is 298 g/mol. The average Bonchev–Trinajstić information content (AvgIpc) is 3.01. The first kappa shape index (κ1) is 17.3. The first-order chi connectivity index (χ1) is 11.8. The molecule has 1 heterocycles. The topological polar surface area (TPSA) is 36.9 Å². The molecule has 0 bridgehead atoms. The molecule has 4 heteroatoms. The SMILES string of the molecule is CN=C(NCc1ccccc1COC)N1CCC2(CCCCC2)C1. The van der Waals surface area contributed by atoms with Crippen LogP contribution in [0.15, 0.2) is 29.3 Å². The van der Waals surface area contributed by atoms with Crippen LogP contribution in [0.3, 0.4) is 0 Å². The van der Waals surface area contributed by atoms with E-state index < -0.39 is 0 Å². The number of likely N-dealkylation sites (tertiary alicyclic amines) is 1. The Labute approximate surface area is 146 Å². The molecule has 132 valence electrons. The first-order valence-electron chi connectivity index (χ1n) is 9.28. The molecule has 24 heavy (non-hydrogen) atoms. The largest absolute Gasteiger partial charge is 0.380 e. The van der Waals surface area contributed by atoms with Gasteiger partial charge in [-0.2, -0.15) is 0 Å². The summed E-state index contributed by atoms with van der Waals surface area (Å²) in [6.45, 7) is 3.77. The summed E-state index contributed by atoms with van der Waals surface area (Å²) in [5, 5.41) is 3.57. The first-order valence-corrected chi connectivity index (χ1v) is 9.28. The summed E-state index contributed by atoms with van der Waals surface area (Å²) in [5.74, 6) is 1.05. The van der Waals surface area contributed by atoms with Gasteiger partial charge in [-0.1, -0.05) is 43.5 Å². The van der Waals surface area contributed by atoms with E-state index in [1.54, 1.807) is 7.11 Å². The van der Waals surface area contributed by atoms with Gasteiger partial charge in [0.15, 0.2) is 5.96 Å². The molecule has 1 saturated heterocycles. The van der Waals surface area contributed by atoms with Gasteiger partial charge in [0.2, 0.25) is 0 Å². The summed E-state index contributed by atoms with van der Waals surface area (Å²) in [7, 11) is 3.65. The second kappa shape index (κ2) is 8.02. The molecule has 2 aliphatic rings. The molecule has 1 aromatic rings. The molecular formula is C20H31N3O. The number of benzene rings is 1. The molecule has 0 amide bonds. The van der Waals surface area contributed by atoms with Crippen molar-refractivity contribution in [2.75, 3.05) is 27.2 Å². The standard InChI is InChI=1S/C20H31N3O/c1-21-19(22-14-17-8-4-5-9-18(17)15-24-2)23-13-12-20(16-23)10-6-3-7-11-20/h4-5,8-9H,3,6-7,10-16H2,1-2H3,(H,21,22). The number of nitrogens with one attached hydrogen (secondary N) is 1. The normalized spacial score (nSPS) is 20.6. The summed E-state index contributed by atoms with van der Waals surface area (Å²) in [6, 6.07) is 8.46. The van der Waals surface area contributed by atoms with Crippen LogP contribution in [0.4, 0.5) is 0 Å².